The lowest BCUT2D eigenvalue weighted by atomic mass is 10.1. The second-order valence-electron chi connectivity index (χ2n) is 4.73. The number of hydrogen-bond acceptors (Lipinski definition) is 2. The molecular weight excluding hydrogens is 209 g/mol. The molecule has 1 amide bonds. The second kappa shape index (κ2) is 5.62. The minimum absolute atomic E-state index is 0.0714. The van der Waals surface area contributed by atoms with Crippen molar-refractivity contribution in [2.24, 2.45) is 0 Å². The fourth-order valence-corrected chi connectivity index (χ4v) is 2.60. The molecule has 2 saturated heterocycles. The van der Waals surface area contributed by atoms with E-state index in [0.29, 0.717) is 6.42 Å². The first-order valence-electron chi connectivity index (χ1n) is 6.28. The van der Waals surface area contributed by atoms with Crippen molar-refractivity contribution in [2.75, 3.05) is 19.8 Å². The van der Waals surface area contributed by atoms with Crippen molar-refractivity contribution < 1.29 is 13.9 Å². The van der Waals surface area contributed by atoms with Crippen molar-refractivity contribution in [1.29, 1.82) is 0 Å². The summed E-state index contributed by atoms with van der Waals surface area (Å²) in [6.07, 6.45) is 5.48. The van der Waals surface area contributed by atoms with Crippen LogP contribution in [0.15, 0.2) is 0 Å². The van der Waals surface area contributed by atoms with Gasteiger partial charge in [-0.25, -0.2) is 4.39 Å². The maximum Gasteiger partial charge on any atom is 0.225 e. The Morgan fingerprint density at radius 2 is 2.19 bits per heavy atom. The molecule has 0 spiro atoms. The van der Waals surface area contributed by atoms with Gasteiger partial charge >= 0.3 is 0 Å². The molecule has 0 aromatic heterocycles. The molecule has 0 aromatic rings. The SMILES string of the molecule is O=C(CC1CCCCO1)N1CCCC1CF. The zero-order valence-electron chi connectivity index (χ0n) is 9.66. The summed E-state index contributed by atoms with van der Waals surface area (Å²) >= 11 is 0. The summed E-state index contributed by atoms with van der Waals surface area (Å²) in [6.45, 7) is 1.09. The van der Waals surface area contributed by atoms with Gasteiger partial charge in [-0.1, -0.05) is 0 Å². The molecule has 0 N–H and O–H groups in total. The van der Waals surface area contributed by atoms with Crippen LogP contribution >= 0.6 is 0 Å². The second-order valence-corrected chi connectivity index (χ2v) is 4.73. The normalized spacial score (nSPS) is 30.7. The number of carbonyl (C=O) groups excluding carboxylic acids is 1. The van der Waals surface area contributed by atoms with E-state index in [0.717, 1.165) is 45.3 Å². The smallest absolute Gasteiger partial charge is 0.225 e. The summed E-state index contributed by atoms with van der Waals surface area (Å²) < 4.78 is 18.2. The molecule has 92 valence electrons. The van der Waals surface area contributed by atoms with Gasteiger partial charge in [-0.15, -0.1) is 0 Å². The number of alkyl halides is 1. The summed E-state index contributed by atoms with van der Waals surface area (Å²) in [7, 11) is 0. The molecule has 0 bridgehead atoms. The third kappa shape index (κ3) is 2.73. The van der Waals surface area contributed by atoms with E-state index in [1.165, 1.54) is 0 Å². The number of hydrogen-bond donors (Lipinski definition) is 0. The van der Waals surface area contributed by atoms with E-state index in [1.54, 1.807) is 4.90 Å². The van der Waals surface area contributed by atoms with E-state index in [9.17, 15) is 9.18 Å². The minimum atomic E-state index is -0.405. The lowest BCUT2D eigenvalue weighted by Crippen LogP contribution is -2.39. The van der Waals surface area contributed by atoms with E-state index in [2.05, 4.69) is 0 Å². The first-order chi connectivity index (χ1) is 7.81. The van der Waals surface area contributed by atoms with Crippen LogP contribution in [0.5, 0.6) is 0 Å². The van der Waals surface area contributed by atoms with Crippen LogP contribution in [0.1, 0.15) is 38.5 Å². The molecule has 0 radical (unpaired) electrons. The highest BCUT2D eigenvalue weighted by molar-refractivity contribution is 5.77. The van der Waals surface area contributed by atoms with Crippen LogP contribution in [0, 0.1) is 0 Å². The van der Waals surface area contributed by atoms with Gasteiger partial charge in [0.25, 0.3) is 0 Å². The number of carbonyl (C=O) groups is 1. The predicted molar refractivity (Wildman–Crippen MR) is 58.9 cm³/mol. The monoisotopic (exact) mass is 229 g/mol. The molecule has 0 saturated carbocycles. The summed E-state index contributed by atoms with van der Waals surface area (Å²) in [5.41, 5.74) is 0. The Balaban J connectivity index is 1.82. The molecule has 2 fully saturated rings. The minimum Gasteiger partial charge on any atom is -0.378 e. The topological polar surface area (TPSA) is 29.5 Å². The van der Waals surface area contributed by atoms with E-state index in [4.69, 9.17) is 4.74 Å². The van der Waals surface area contributed by atoms with Crippen molar-refractivity contribution in [3.05, 3.63) is 0 Å². The van der Waals surface area contributed by atoms with E-state index < -0.39 is 6.67 Å². The van der Waals surface area contributed by atoms with Crippen molar-refractivity contribution in [2.45, 2.75) is 50.7 Å². The quantitative estimate of drug-likeness (QED) is 0.739. The molecule has 2 atom stereocenters. The number of amides is 1. The van der Waals surface area contributed by atoms with Gasteiger partial charge in [0.15, 0.2) is 0 Å². The van der Waals surface area contributed by atoms with Crippen LogP contribution in [0.3, 0.4) is 0 Å². The number of nitrogens with zero attached hydrogens (tertiary/aromatic N) is 1. The third-order valence-electron chi connectivity index (χ3n) is 3.55. The highest BCUT2D eigenvalue weighted by Crippen LogP contribution is 2.22. The van der Waals surface area contributed by atoms with Crippen LogP contribution in [0.25, 0.3) is 0 Å². The van der Waals surface area contributed by atoms with Crippen molar-refractivity contribution in [3.8, 4) is 0 Å². The maximum atomic E-state index is 12.7. The molecule has 4 heteroatoms. The first kappa shape index (κ1) is 11.8. The first-order valence-corrected chi connectivity index (χ1v) is 6.28. The van der Waals surface area contributed by atoms with Gasteiger partial charge in [-0.2, -0.15) is 0 Å². The lowest BCUT2D eigenvalue weighted by Gasteiger charge is -2.27. The van der Waals surface area contributed by atoms with Gasteiger partial charge in [0.2, 0.25) is 5.91 Å². The third-order valence-corrected chi connectivity index (χ3v) is 3.55. The molecule has 2 heterocycles. The van der Waals surface area contributed by atoms with Gasteiger partial charge in [-0.05, 0) is 32.1 Å². The Hall–Kier alpha value is -0.640. The molecular formula is C12H20FNO2. The Labute approximate surface area is 95.9 Å². The van der Waals surface area contributed by atoms with Crippen LogP contribution in [-0.2, 0) is 9.53 Å². The van der Waals surface area contributed by atoms with Gasteiger partial charge in [0.1, 0.15) is 6.67 Å². The standard InChI is InChI=1S/C12H20FNO2/c13-9-10-4-3-6-14(10)12(15)8-11-5-1-2-7-16-11/h10-11H,1-9H2. The Morgan fingerprint density at radius 1 is 1.31 bits per heavy atom. The molecule has 2 unspecified atom stereocenters. The van der Waals surface area contributed by atoms with Gasteiger partial charge < -0.3 is 9.64 Å². The van der Waals surface area contributed by atoms with Crippen molar-refractivity contribution >= 4 is 5.91 Å². The molecule has 2 aliphatic rings. The van der Waals surface area contributed by atoms with Crippen molar-refractivity contribution in [3.63, 3.8) is 0 Å². The molecule has 0 aromatic carbocycles. The Kier molecular flexibility index (Phi) is 4.16. The predicted octanol–water partition coefficient (Wildman–Crippen LogP) is 1.91. The molecule has 2 aliphatic heterocycles. The largest absolute Gasteiger partial charge is 0.378 e. The molecule has 16 heavy (non-hydrogen) atoms. The molecule has 2 rings (SSSR count). The van der Waals surface area contributed by atoms with Crippen molar-refractivity contribution in [1.82, 2.24) is 4.90 Å². The fraction of sp³-hybridized carbons (Fsp3) is 0.917. The van der Waals surface area contributed by atoms with E-state index >= 15 is 0 Å². The van der Waals surface area contributed by atoms with E-state index in [1.807, 2.05) is 0 Å². The summed E-state index contributed by atoms with van der Waals surface area (Å²) in [5.74, 6) is 0.0760. The lowest BCUT2D eigenvalue weighted by molar-refractivity contribution is -0.136. The van der Waals surface area contributed by atoms with Crippen LogP contribution in [0.2, 0.25) is 0 Å². The average molecular weight is 229 g/mol. The van der Waals surface area contributed by atoms with Gasteiger partial charge in [0, 0.05) is 13.2 Å². The molecule has 0 aliphatic carbocycles. The zero-order chi connectivity index (χ0) is 11.4. The zero-order valence-corrected chi connectivity index (χ0v) is 9.66. The fourth-order valence-electron chi connectivity index (χ4n) is 2.60. The summed E-state index contributed by atoms with van der Waals surface area (Å²) in [5, 5.41) is 0. The molecule has 3 nitrogen and oxygen atoms in total. The Morgan fingerprint density at radius 3 is 2.88 bits per heavy atom. The van der Waals surface area contributed by atoms with Crippen LogP contribution in [-0.4, -0.2) is 42.8 Å². The highest BCUT2D eigenvalue weighted by atomic mass is 19.1. The highest BCUT2D eigenvalue weighted by Gasteiger charge is 2.30. The summed E-state index contributed by atoms with van der Waals surface area (Å²) in [6, 6.07) is -0.170. The number of halogens is 1. The maximum absolute atomic E-state index is 12.7. The summed E-state index contributed by atoms with van der Waals surface area (Å²) in [4.78, 5) is 13.7. The van der Waals surface area contributed by atoms with E-state index in [-0.39, 0.29) is 18.1 Å². The average Bonchev–Trinajstić information content (AvgIpc) is 2.78. The number of likely N-dealkylation sites (tertiary alicyclic amines) is 1. The number of ether oxygens (including phenoxy) is 1. The van der Waals surface area contributed by atoms with Crippen LogP contribution < -0.4 is 0 Å². The van der Waals surface area contributed by atoms with Crippen LogP contribution in [0.4, 0.5) is 4.39 Å². The van der Waals surface area contributed by atoms with Gasteiger partial charge in [-0.3, -0.25) is 4.79 Å². The van der Waals surface area contributed by atoms with Gasteiger partial charge in [0.05, 0.1) is 18.6 Å². The Bertz CT molecular complexity index is 241. The number of rotatable bonds is 3.